The lowest BCUT2D eigenvalue weighted by atomic mass is 10.1. The molecule has 5 heteroatoms. The number of hydrogen-bond acceptors (Lipinski definition) is 3. The number of para-hydroxylation sites is 1. The van der Waals surface area contributed by atoms with Gasteiger partial charge < -0.3 is 10.6 Å². The average molecular weight is 391 g/mol. The van der Waals surface area contributed by atoms with Crippen molar-refractivity contribution < 1.29 is 9.59 Å². The topological polar surface area (TPSA) is 58.2 Å². The Labute approximate surface area is 169 Å². The van der Waals surface area contributed by atoms with Crippen LogP contribution in [0.4, 0.5) is 11.4 Å². The van der Waals surface area contributed by atoms with Crippen LogP contribution in [0.2, 0.25) is 0 Å². The summed E-state index contributed by atoms with van der Waals surface area (Å²) in [5.74, 6) is -0.0676. The third-order valence-electron chi connectivity index (χ3n) is 4.22. The van der Waals surface area contributed by atoms with E-state index in [2.05, 4.69) is 10.6 Å². The normalized spacial score (nSPS) is 10.4. The first kappa shape index (κ1) is 19.7. The highest BCUT2D eigenvalue weighted by Gasteiger charge is 2.14. The standard InChI is InChI=1S/C23H22N2O2S/c1-16-11-13-18(14-12-16)24-22(26)15-28-21-10-6-4-8-19(21)23(27)25-20-9-5-3-7-17(20)2/h3-14H,15H2,1-2H3,(H,24,26)(H,25,27). The van der Waals surface area contributed by atoms with Gasteiger partial charge in [-0.3, -0.25) is 9.59 Å². The molecular formula is C23H22N2O2S. The SMILES string of the molecule is Cc1ccc(NC(=O)CSc2ccccc2C(=O)Nc2ccccc2C)cc1. The molecule has 0 spiro atoms. The fourth-order valence-corrected chi connectivity index (χ4v) is 3.51. The zero-order valence-corrected chi connectivity index (χ0v) is 16.7. The van der Waals surface area contributed by atoms with Crippen LogP contribution in [0.3, 0.4) is 0 Å². The lowest BCUT2D eigenvalue weighted by molar-refractivity contribution is -0.113. The van der Waals surface area contributed by atoms with E-state index >= 15 is 0 Å². The Hall–Kier alpha value is -3.05. The summed E-state index contributed by atoms with van der Waals surface area (Å²) in [4.78, 5) is 25.8. The van der Waals surface area contributed by atoms with Gasteiger partial charge >= 0.3 is 0 Å². The van der Waals surface area contributed by atoms with Crippen molar-refractivity contribution in [3.05, 3.63) is 89.5 Å². The summed E-state index contributed by atoms with van der Waals surface area (Å²) in [5.41, 5.74) is 4.24. The van der Waals surface area contributed by atoms with Crippen molar-refractivity contribution in [3.8, 4) is 0 Å². The summed E-state index contributed by atoms with van der Waals surface area (Å²) in [5, 5.41) is 5.82. The van der Waals surface area contributed by atoms with E-state index in [1.807, 2.05) is 80.6 Å². The van der Waals surface area contributed by atoms with Gasteiger partial charge in [0.2, 0.25) is 5.91 Å². The maximum atomic E-state index is 12.7. The Morgan fingerprint density at radius 2 is 1.50 bits per heavy atom. The largest absolute Gasteiger partial charge is 0.325 e. The predicted molar refractivity (Wildman–Crippen MR) is 116 cm³/mol. The molecule has 2 amide bonds. The van der Waals surface area contributed by atoms with Crippen LogP contribution < -0.4 is 10.6 Å². The maximum Gasteiger partial charge on any atom is 0.256 e. The molecule has 28 heavy (non-hydrogen) atoms. The molecule has 0 aliphatic rings. The number of rotatable bonds is 6. The van der Waals surface area contributed by atoms with Crippen LogP contribution >= 0.6 is 11.8 Å². The second-order valence-electron chi connectivity index (χ2n) is 6.47. The van der Waals surface area contributed by atoms with Crippen molar-refractivity contribution in [1.29, 1.82) is 0 Å². The van der Waals surface area contributed by atoms with Crippen LogP contribution in [0.15, 0.2) is 77.7 Å². The van der Waals surface area contributed by atoms with Gasteiger partial charge in [-0.25, -0.2) is 0 Å². The van der Waals surface area contributed by atoms with E-state index in [9.17, 15) is 9.59 Å². The van der Waals surface area contributed by atoms with E-state index in [0.717, 1.165) is 27.4 Å². The number of anilines is 2. The van der Waals surface area contributed by atoms with E-state index in [1.165, 1.54) is 11.8 Å². The van der Waals surface area contributed by atoms with Gasteiger partial charge in [-0.1, -0.05) is 48.0 Å². The predicted octanol–water partition coefficient (Wildman–Crippen LogP) is 5.29. The Balaban J connectivity index is 1.65. The molecule has 3 rings (SSSR count). The van der Waals surface area contributed by atoms with Gasteiger partial charge in [0.1, 0.15) is 0 Å². The quantitative estimate of drug-likeness (QED) is 0.563. The second-order valence-corrected chi connectivity index (χ2v) is 7.49. The molecule has 0 aliphatic heterocycles. The first-order valence-corrected chi connectivity index (χ1v) is 9.97. The molecule has 0 aliphatic carbocycles. The number of carbonyl (C=O) groups excluding carboxylic acids is 2. The van der Waals surface area contributed by atoms with Crippen molar-refractivity contribution in [1.82, 2.24) is 0 Å². The van der Waals surface area contributed by atoms with Crippen molar-refractivity contribution in [2.75, 3.05) is 16.4 Å². The molecular weight excluding hydrogens is 368 g/mol. The number of nitrogens with one attached hydrogen (secondary N) is 2. The molecule has 0 saturated carbocycles. The van der Waals surface area contributed by atoms with Gasteiger partial charge in [-0.2, -0.15) is 0 Å². The van der Waals surface area contributed by atoms with E-state index < -0.39 is 0 Å². The smallest absolute Gasteiger partial charge is 0.256 e. The van der Waals surface area contributed by atoms with Gasteiger partial charge in [-0.05, 0) is 49.7 Å². The maximum absolute atomic E-state index is 12.7. The number of hydrogen-bond donors (Lipinski definition) is 2. The van der Waals surface area contributed by atoms with Crippen LogP contribution in [0.25, 0.3) is 0 Å². The molecule has 4 nitrogen and oxygen atoms in total. The van der Waals surface area contributed by atoms with Crippen molar-refractivity contribution in [2.24, 2.45) is 0 Å². The minimum absolute atomic E-state index is 0.108. The van der Waals surface area contributed by atoms with Crippen LogP contribution in [0.1, 0.15) is 21.5 Å². The third kappa shape index (κ3) is 5.24. The summed E-state index contributed by atoms with van der Waals surface area (Å²) in [6, 6.07) is 22.6. The van der Waals surface area contributed by atoms with Crippen molar-refractivity contribution >= 4 is 35.0 Å². The molecule has 0 aromatic heterocycles. The zero-order chi connectivity index (χ0) is 19.9. The highest BCUT2D eigenvalue weighted by atomic mass is 32.2. The number of amides is 2. The molecule has 0 heterocycles. The Kier molecular flexibility index (Phi) is 6.50. The minimum Gasteiger partial charge on any atom is -0.325 e. The van der Waals surface area contributed by atoms with E-state index in [0.29, 0.717) is 5.56 Å². The van der Waals surface area contributed by atoms with Crippen LogP contribution in [0.5, 0.6) is 0 Å². The fraction of sp³-hybridized carbons (Fsp3) is 0.130. The number of carbonyl (C=O) groups is 2. The minimum atomic E-state index is -0.184. The molecule has 0 unspecified atom stereocenters. The van der Waals surface area contributed by atoms with Crippen LogP contribution in [-0.4, -0.2) is 17.6 Å². The molecule has 0 bridgehead atoms. The highest BCUT2D eigenvalue weighted by molar-refractivity contribution is 8.00. The van der Waals surface area contributed by atoms with Gasteiger partial charge in [0.05, 0.1) is 11.3 Å². The molecule has 0 fully saturated rings. The van der Waals surface area contributed by atoms with Gasteiger partial charge in [0.25, 0.3) is 5.91 Å². The highest BCUT2D eigenvalue weighted by Crippen LogP contribution is 2.24. The van der Waals surface area contributed by atoms with Gasteiger partial charge in [0, 0.05) is 16.3 Å². The molecule has 142 valence electrons. The van der Waals surface area contributed by atoms with Crippen molar-refractivity contribution in [3.63, 3.8) is 0 Å². The summed E-state index contributed by atoms with van der Waals surface area (Å²) in [6.07, 6.45) is 0. The lowest BCUT2D eigenvalue weighted by Gasteiger charge is -2.11. The molecule has 0 saturated heterocycles. The first-order valence-electron chi connectivity index (χ1n) is 8.98. The molecule has 2 N–H and O–H groups in total. The number of aryl methyl sites for hydroxylation is 2. The Bertz CT molecular complexity index is 984. The summed E-state index contributed by atoms with van der Waals surface area (Å²) < 4.78 is 0. The Morgan fingerprint density at radius 1 is 0.821 bits per heavy atom. The first-order chi connectivity index (χ1) is 13.5. The third-order valence-corrected chi connectivity index (χ3v) is 5.29. The monoisotopic (exact) mass is 390 g/mol. The number of thioether (sulfide) groups is 1. The molecule has 3 aromatic carbocycles. The van der Waals surface area contributed by atoms with E-state index in [1.54, 1.807) is 6.07 Å². The Morgan fingerprint density at radius 3 is 2.25 bits per heavy atom. The molecule has 0 atom stereocenters. The lowest BCUT2D eigenvalue weighted by Crippen LogP contribution is -2.16. The zero-order valence-electron chi connectivity index (χ0n) is 15.9. The van der Waals surface area contributed by atoms with Gasteiger partial charge in [0.15, 0.2) is 0 Å². The van der Waals surface area contributed by atoms with E-state index in [4.69, 9.17) is 0 Å². The summed E-state index contributed by atoms with van der Waals surface area (Å²) in [6.45, 7) is 3.95. The second kappa shape index (κ2) is 9.24. The molecule has 3 aromatic rings. The summed E-state index contributed by atoms with van der Waals surface area (Å²) >= 11 is 1.35. The fourth-order valence-electron chi connectivity index (χ4n) is 2.66. The van der Waals surface area contributed by atoms with Crippen LogP contribution in [0, 0.1) is 13.8 Å². The average Bonchev–Trinajstić information content (AvgIpc) is 2.70. The molecule has 0 radical (unpaired) electrons. The van der Waals surface area contributed by atoms with Gasteiger partial charge in [-0.15, -0.1) is 11.8 Å². The summed E-state index contributed by atoms with van der Waals surface area (Å²) in [7, 11) is 0. The van der Waals surface area contributed by atoms with Crippen molar-refractivity contribution in [2.45, 2.75) is 18.7 Å². The van der Waals surface area contributed by atoms with E-state index in [-0.39, 0.29) is 17.6 Å². The van der Waals surface area contributed by atoms with Crippen LogP contribution in [-0.2, 0) is 4.79 Å². The number of benzene rings is 3.